The van der Waals surface area contributed by atoms with Crippen molar-refractivity contribution in [2.24, 2.45) is 0 Å². The fourth-order valence-corrected chi connectivity index (χ4v) is 3.58. The number of hydrogen-bond acceptors (Lipinski definition) is 5. The lowest BCUT2D eigenvalue weighted by atomic mass is 9.97. The van der Waals surface area contributed by atoms with Gasteiger partial charge in [0, 0.05) is 36.1 Å². The number of amides is 1. The Morgan fingerprint density at radius 2 is 1.89 bits per heavy atom. The summed E-state index contributed by atoms with van der Waals surface area (Å²) in [5.41, 5.74) is 2.46. The standard InChI is InChI=1S/C22H22N4O2/c1-28-20-12-14-24-21(25-20)16-8-10-17(11-9-16)22(27)26-15-5-3-7-19(26)18-6-2-4-13-23-18/h2,4,6,8-14,19H,3,5,7,15H2,1H3/t19-/m1/s1. The van der Waals surface area contributed by atoms with Crippen LogP contribution in [-0.4, -0.2) is 39.4 Å². The Morgan fingerprint density at radius 1 is 1.04 bits per heavy atom. The van der Waals surface area contributed by atoms with Crippen LogP contribution in [0, 0.1) is 0 Å². The summed E-state index contributed by atoms with van der Waals surface area (Å²) in [6, 6.07) is 15.0. The summed E-state index contributed by atoms with van der Waals surface area (Å²) in [6.07, 6.45) is 6.52. The molecule has 0 saturated carbocycles. The molecule has 3 heterocycles. The Hall–Kier alpha value is -3.28. The van der Waals surface area contributed by atoms with Crippen LogP contribution < -0.4 is 4.74 Å². The average Bonchev–Trinajstić information content (AvgIpc) is 2.79. The Balaban J connectivity index is 1.57. The maximum absolute atomic E-state index is 13.2. The number of rotatable bonds is 4. The SMILES string of the molecule is COc1ccnc(-c2ccc(C(=O)N3CCCC[C@@H]3c3ccccn3)cc2)n1. The quantitative estimate of drug-likeness (QED) is 0.692. The molecule has 1 aliphatic heterocycles. The number of pyridine rings is 1. The van der Waals surface area contributed by atoms with E-state index in [4.69, 9.17) is 4.74 Å². The molecule has 0 aliphatic carbocycles. The Bertz CT molecular complexity index is 944. The fraction of sp³-hybridized carbons (Fsp3) is 0.273. The van der Waals surface area contributed by atoms with Crippen LogP contribution in [0.3, 0.4) is 0 Å². The first-order valence-corrected chi connectivity index (χ1v) is 9.45. The fourth-order valence-electron chi connectivity index (χ4n) is 3.58. The van der Waals surface area contributed by atoms with Gasteiger partial charge in [0.25, 0.3) is 5.91 Å². The van der Waals surface area contributed by atoms with Gasteiger partial charge in [-0.25, -0.2) is 4.98 Å². The third kappa shape index (κ3) is 3.71. The Morgan fingerprint density at radius 3 is 2.64 bits per heavy atom. The topological polar surface area (TPSA) is 68.2 Å². The average molecular weight is 374 g/mol. The highest BCUT2D eigenvalue weighted by Gasteiger charge is 2.29. The number of methoxy groups -OCH3 is 1. The van der Waals surface area contributed by atoms with Crippen molar-refractivity contribution in [2.45, 2.75) is 25.3 Å². The first-order valence-electron chi connectivity index (χ1n) is 9.45. The predicted octanol–water partition coefficient (Wildman–Crippen LogP) is 3.91. The number of piperidine rings is 1. The number of carbonyl (C=O) groups is 1. The number of benzene rings is 1. The summed E-state index contributed by atoms with van der Waals surface area (Å²) < 4.78 is 5.15. The highest BCUT2D eigenvalue weighted by molar-refractivity contribution is 5.95. The van der Waals surface area contributed by atoms with Gasteiger partial charge in [0.15, 0.2) is 5.82 Å². The van der Waals surface area contributed by atoms with E-state index < -0.39 is 0 Å². The smallest absolute Gasteiger partial charge is 0.254 e. The molecule has 6 nitrogen and oxygen atoms in total. The first-order chi connectivity index (χ1) is 13.8. The molecule has 0 unspecified atom stereocenters. The lowest BCUT2D eigenvalue weighted by Gasteiger charge is -2.35. The molecule has 3 aromatic rings. The van der Waals surface area contributed by atoms with Crippen LogP contribution in [-0.2, 0) is 0 Å². The molecule has 6 heteroatoms. The third-order valence-corrected chi connectivity index (χ3v) is 5.02. The van der Waals surface area contributed by atoms with E-state index in [0.29, 0.717) is 17.3 Å². The summed E-state index contributed by atoms with van der Waals surface area (Å²) in [6.45, 7) is 0.751. The molecule has 1 atom stereocenters. The first kappa shape index (κ1) is 18.1. The van der Waals surface area contributed by atoms with Crippen LogP contribution in [0.4, 0.5) is 0 Å². The maximum atomic E-state index is 13.2. The third-order valence-electron chi connectivity index (χ3n) is 5.02. The molecule has 1 fully saturated rings. The van der Waals surface area contributed by atoms with Crippen LogP contribution in [0.1, 0.15) is 41.4 Å². The van der Waals surface area contributed by atoms with Gasteiger partial charge in [-0.15, -0.1) is 0 Å². The molecule has 2 aromatic heterocycles. The zero-order valence-corrected chi connectivity index (χ0v) is 15.8. The Kier molecular flexibility index (Phi) is 5.28. The minimum atomic E-state index is 0.0313. The number of carbonyl (C=O) groups excluding carboxylic acids is 1. The van der Waals surface area contributed by atoms with Gasteiger partial charge in [-0.2, -0.15) is 4.98 Å². The van der Waals surface area contributed by atoms with Gasteiger partial charge >= 0.3 is 0 Å². The molecular formula is C22H22N4O2. The number of ether oxygens (including phenoxy) is 1. The number of likely N-dealkylation sites (tertiary alicyclic amines) is 1. The van der Waals surface area contributed by atoms with Crippen LogP contribution in [0.5, 0.6) is 5.88 Å². The van der Waals surface area contributed by atoms with Gasteiger partial charge in [-0.05, 0) is 43.5 Å². The van der Waals surface area contributed by atoms with Crippen LogP contribution in [0.25, 0.3) is 11.4 Å². The zero-order chi connectivity index (χ0) is 19.3. The number of aromatic nitrogens is 3. The predicted molar refractivity (Wildman–Crippen MR) is 106 cm³/mol. The molecule has 0 bridgehead atoms. The van der Waals surface area contributed by atoms with E-state index in [1.54, 1.807) is 25.6 Å². The lowest BCUT2D eigenvalue weighted by Crippen LogP contribution is -2.38. The second kappa shape index (κ2) is 8.17. The van der Waals surface area contributed by atoms with E-state index in [9.17, 15) is 4.79 Å². The number of nitrogens with zero attached hydrogens (tertiary/aromatic N) is 4. The normalized spacial score (nSPS) is 16.6. The van der Waals surface area contributed by atoms with E-state index in [1.165, 1.54) is 0 Å². The zero-order valence-electron chi connectivity index (χ0n) is 15.8. The monoisotopic (exact) mass is 374 g/mol. The van der Waals surface area contributed by atoms with Gasteiger partial charge in [0.2, 0.25) is 5.88 Å². The van der Waals surface area contributed by atoms with Crippen molar-refractivity contribution in [1.29, 1.82) is 0 Å². The van der Waals surface area contributed by atoms with Crippen molar-refractivity contribution >= 4 is 5.91 Å². The maximum Gasteiger partial charge on any atom is 0.254 e. The van der Waals surface area contributed by atoms with Gasteiger partial charge in [0.05, 0.1) is 18.8 Å². The largest absolute Gasteiger partial charge is 0.481 e. The van der Waals surface area contributed by atoms with Crippen molar-refractivity contribution in [2.75, 3.05) is 13.7 Å². The van der Waals surface area contributed by atoms with Gasteiger partial charge < -0.3 is 9.64 Å². The van der Waals surface area contributed by atoms with Gasteiger partial charge in [0.1, 0.15) is 0 Å². The molecule has 1 aliphatic rings. The molecule has 142 valence electrons. The van der Waals surface area contributed by atoms with Crippen molar-refractivity contribution < 1.29 is 9.53 Å². The number of hydrogen-bond donors (Lipinski definition) is 0. The summed E-state index contributed by atoms with van der Waals surface area (Å²) in [5.74, 6) is 1.12. The molecular weight excluding hydrogens is 352 g/mol. The molecule has 4 rings (SSSR count). The van der Waals surface area contributed by atoms with Gasteiger partial charge in [-0.3, -0.25) is 9.78 Å². The summed E-state index contributed by atoms with van der Waals surface area (Å²) in [4.78, 5) is 28.2. The second-order valence-electron chi connectivity index (χ2n) is 6.76. The minimum Gasteiger partial charge on any atom is -0.481 e. The van der Waals surface area contributed by atoms with E-state index in [-0.39, 0.29) is 11.9 Å². The summed E-state index contributed by atoms with van der Waals surface area (Å²) >= 11 is 0. The molecule has 28 heavy (non-hydrogen) atoms. The van der Waals surface area contributed by atoms with Crippen LogP contribution in [0.2, 0.25) is 0 Å². The molecule has 1 amide bonds. The minimum absolute atomic E-state index is 0.0313. The van der Waals surface area contributed by atoms with Crippen LogP contribution >= 0.6 is 0 Å². The molecule has 1 saturated heterocycles. The Labute approximate surface area is 164 Å². The van der Waals surface area contributed by atoms with E-state index in [0.717, 1.165) is 37.1 Å². The van der Waals surface area contributed by atoms with Crippen molar-refractivity contribution in [1.82, 2.24) is 19.9 Å². The molecule has 0 N–H and O–H groups in total. The molecule has 1 aromatic carbocycles. The van der Waals surface area contributed by atoms with E-state index in [1.807, 2.05) is 47.4 Å². The van der Waals surface area contributed by atoms with Crippen molar-refractivity contribution in [3.8, 4) is 17.3 Å². The van der Waals surface area contributed by atoms with E-state index >= 15 is 0 Å². The lowest BCUT2D eigenvalue weighted by molar-refractivity contribution is 0.0606. The van der Waals surface area contributed by atoms with Crippen LogP contribution in [0.15, 0.2) is 60.9 Å². The highest BCUT2D eigenvalue weighted by atomic mass is 16.5. The van der Waals surface area contributed by atoms with Gasteiger partial charge in [-0.1, -0.05) is 18.2 Å². The molecule has 0 spiro atoms. The van der Waals surface area contributed by atoms with Crippen molar-refractivity contribution in [3.05, 3.63) is 72.2 Å². The van der Waals surface area contributed by atoms with E-state index in [2.05, 4.69) is 15.0 Å². The summed E-state index contributed by atoms with van der Waals surface area (Å²) in [7, 11) is 1.57. The second-order valence-corrected chi connectivity index (χ2v) is 6.76. The highest BCUT2D eigenvalue weighted by Crippen LogP contribution is 2.31. The molecule has 0 radical (unpaired) electrons. The summed E-state index contributed by atoms with van der Waals surface area (Å²) in [5, 5.41) is 0. The van der Waals surface area contributed by atoms with Crippen molar-refractivity contribution in [3.63, 3.8) is 0 Å².